The van der Waals surface area contributed by atoms with Crippen LogP contribution in [0.4, 0.5) is 0 Å². The first-order valence-electron chi connectivity index (χ1n) is 8.54. The molecule has 126 valence electrons. The second-order valence-corrected chi connectivity index (χ2v) is 6.46. The molecule has 1 aliphatic rings. The van der Waals surface area contributed by atoms with Gasteiger partial charge in [-0.3, -0.25) is 4.79 Å². The average molecular weight is 332 g/mol. The summed E-state index contributed by atoms with van der Waals surface area (Å²) in [6.45, 7) is 1.47. The van der Waals surface area contributed by atoms with Gasteiger partial charge in [-0.2, -0.15) is 0 Å². The van der Waals surface area contributed by atoms with Gasteiger partial charge >= 0.3 is 0 Å². The third kappa shape index (κ3) is 3.29. The molecule has 1 aliphatic heterocycles. The van der Waals surface area contributed by atoms with E-state index in [4.69, 9.17) is 0 Å². The number of carbonyl (C=O) groups is 1. The number of H-pyrrole nitrogens is 1. The molecule has 1 fully saturated rings. The van der Waals surface area contributed by atoms with Gasteiger partial charge in [0.1, 0.15) is 11.4 Å². The third-order valence-corrected chi connectivity index (χ3v) is 4.70. The lowest BCUT2D eigenvalue weighted by molar-refractivity contribution is 0.0739. The molecule has 4 nitrogen and oxygen atoms in total. The lowest BCUT2D eigenvalue weighted by Gasteiger charge is -2.28. The Morgan fingerprint density at radius 1 is 1.04 bits per heavy atom. The van der Waals surface area contributed by atoms with Crippen molar-refractivity contribution in [3.8, 4) is 5.75 Å². The zero-order chi connectivity index (χ0) is 17.2. The van der Waals surface area contributed by atoms with Crippen LogP contribution in [0.25, 0.3) is 17.0 Å². The Hall–Kier alpha value is -3.01. The highest BCUT2D eigenvalue weighted by Gasteiger charge is 2.21. The summed E-state index contributed by atoms with van der Waals surface area (Å²) in [7, 11) is 0. The molecular weight excluding hydrogens is 312 g/mol. The van der Waals surface area contributed by atoms with Gasteiger partial charge in [0.25, 0.3) is 5.91 Å². The van der Waals surface area contributed by atoms with Crippen molar-refractivity contribution in [3.05, 3.63) is 71.4 Å². The molecule has 0 spiro atoms. The van der Waals surface area contributed by atoms with Crippen molar-refractivity contribution in [2.75, 3.05) is 13.1 Å². The molecule has 1 aromatic heterocycles. The number of phenols is 1. The number of carbonyl (C=O) groups excluding carboxylic acids is 1. The van der Waals surface area contributed by atoms with E-state index in [0.717, 1.165) is 36.8 Å². The smallest absolute Gasteiger partial charge is 0.270 e. The standard InChI is InChI=1S/C21H20N2O2/c24-18-7-6-17-13-20(22-19(17)14-18)21(25)23-10-8-16(9-11-23)12-15-4-2-1-3-5-15/h1-7,12-14,22,24H,8-11H2. The van der Waals surface area contributed by atoms with Crippen LogP contribution in [-0.2, 0) is 0 Å². The van der Waals surface area contributed by atoms with Crippen LogP contribution in [0.15, 0.2) is 60.2 Å². The van der Waals surface area contributed by atoms with E-state index in [-0.39, 0.29) is 11.7 Å². The van der Waals surface area contributed by atoms with E-state index in [0.29, 0.717) is 5.69 Å². The molecule has 0 radical (unpaired) electrons. The van der Waals surface area contributed by atoms with E-state index in [9.17, 15) is 9.90 Å². The highest BCUT2D eigenvalue weighted by molar-refractivity contribution is 5.98. The lowest BCUT2D eigenvalue weighted by atomic mass is 10.0. The molecule has 0 bridgehead atoms. The van der Waals surface area contributed by atoms with Gasteiger partial charge in [-0.15, -0.1) is 0 Å². The van der Waals surface area contributed by atoms with Crippen LogP contribution in [0.2, 0.25) is 0 Å². The number of amides is 1. The second-order valence-electron chi connectivity index (χ2n) is 6.46. The van der Waals surface area contributed by atoms with Crippen LogP contribution in [0, 0.1) is 0 Å². The van der Waals surface area contributed by atoms with Crippen LogP contribution in [0.5, 0.6) is 5.75 Å². The Bertz CT molecular complexity index is 931. The van der Waals surface area contributed by atoms with E-state index in [1.165, 1.54) is 11.1 Å². The first-order chi connectivity index (χ1) is 12.2. The molecule has 0 unspecified atom stereocenters. The average Bonchev–Trinajstić information content (AvgIpc) is 3.06. The van der Waals surface area contributed by atoms with Crippen LogP contribution in [-0.4, -0.2) is 34.0 Å². The van der Waals surface area contributed by atoms with Gasteiger partial charge in [-0.1, -0.05) is 42.0 Å². The highest BCUT2D eigenvalue weighted by atomic mass is 16.3. The molecule has 2 N–H and O–H groups in total. The number of rotatable bonds is 2. The number of hydrogen-bond acceptors (Lipinski definition) is 2. The molecule has 0 saturated carbocycles. The number of benzene rings is 2. The molecular formula is C21H20N2O2. The Balaban J connectivity index is 1.46. The van der Waals surface area contributed by atoms with Gasteiger partial charge in [0.05, 0.1) is 0 Å². The number of piperidine rings is 1. The van der Waals surface area contributed by atoms with Crippen molar-refractivity contribution in [2.24, 2.45) is 0 Å². The highest BCUT2D eigenvalue weighted by Crippen LogP contribution is 2.24. The van der Waals surface area contributed by atoms with Gasteiger partial charge in [0, 0.05) is 30.1 Å². The summed E-state index contributed by atoms with van der Waals surface area (Å²) >= 11 is 0. The van der Waals surface area contributed by atoms with Gasteiger partial charge in [-0.05, 0) is 36.6 Å². The number of phenolic OH excluding ortho intramolecular Hbond substituents is 1. The Kier molecular flexibility index (Phi) is 4.02. The summed E-state index contributed by atoms with van der Waals surface area (Å²) in [4.78, 5) is 17.7. The maximum absolute atomic E-state index is 12.7. The zero-order valence-electron chi connectivity index (χ0n) is 13.9. The normalized spacial score (nSPS) is 14.7. The Labute approximate surface area is 146 Å². The maximum atomic E-state index is 12.7. The third-order valence-electron chi connectivity index (χ3n) is 4.70. The summed E-state index contributed by atoms with van der Waals surface area (Å²) in [6.07, 6.45) is 4.04. The molecule has 4 heteroatoms. The summed E-state index contributed by atoms with van der Waals surface area (Å²) in [5, 5.41) is 10.5. The number of fused-ring (bicyclic) bond motifs is 1. The molecule has 2 aromatic carbocycles. The van der Waals surface area contributed by atoms with Crippen LogP contribution in [0.1, 0.15) is 28.9 Å². The molecule has 3 aromatic rings. The number of aromatic hydroxyl groups is 1. The van der Waals surface area contributed by atoms with Crippen LogP contribution >= 0.6 is 0 Å². The summed E-state index contributed by atoms with van der Waals surface area (Å²) in [5.74, 6) is 0.219. The largest absolute Gasteiger partial charge is 0.508 e. The van der Waals surface area contributed by atoms with Crippen molar-refractivity contribution in [1.29, 1.82) is 0 Å². The van der Waals surface area contributed by atoms with E-state index < -0.39 is 0 Å². The number of aromatic nitrogens is 1. The fourth-order valence-electron chi connectivity index (χ4n) is 3.33. The fraction of sp³-hybridized carbons (Fsp3) is 0.190. The topological polar surface area (TPSA) is 56.3 Å². The second kappa shape index (κ2) is 6.48. The number of nitrogens with zero attached hydrogens (tertiary/aromatic N) is 1. The molecule has 0 atom stereocenters. The number of hydrogen-bond donors (Lipinski definition) is 2. The number of likely N-dealkylation sites (tertiary alicyclic amines) is 1. The lowest BCUT2D eigenvalue weighted by Crippen LogP contribution is -2.36. The summed E-state index contributed by atoms with van der Waals surface area (Å²) in [6, 6.07) is 17.2. The van der Waals surface area contributed by atoms with Crippen molar-refractivity contribution in [1.82, 2.24) is 9.88 Å². The first kappa shape index (κ1) is 15.5. The monoisotopic (exact) mass is 332 g/mol. The molecule has 1 amide bonds. The first-order valence-corrected chi connectivity index (χ1v) is 8.54. The van der Waals surface area contributed by atoms with Crippen LogP contribution in [0.3, 0.4) is 0 Å². The van der Waals surface area contributed by atoms with Crippen molar-refractivity contribution in [2.45, 2.75) is 12.8 Å². The van der Waals surface area contributed by atoms with Crippen LogP contribution < -0.4 is 0 Å². The summed E-state index contributed by atoms with van der Waals surface area (Å²) < 4.78 is 0. The molecule has 1 saturated heterocycles. The predicted molar refractivity (Wildman–Crippen MR) is 99.5 cm³/mol. The quantitative estimate of drug-likeness (QED) is 0.739. The molecule has 4 rings (SSSR count). The Morgan fingerprint density at radius 3 is 2.56 bits per heavy atom. The maximum Gasteiger partial charge on any atom is 0.270 e. The number of nitrogens with one attached hydrogen (secondary N) is 1. The summed E-state index contributed by atoms with van der Waals surface area (Å²) in [5.41, 5.74) is 3.96. The number of aromatic amines is 1. The zero-order valence-corrected chi connectivity index (χ0v) is 13.9. The predicted octanol–water partition coefficient (Wildman–Crippen LogP) is 4.19. The van der Waals surface area contributed by atoms with Crippen molar-refractivity contribution in [3.63, 3.8) is 0 Å². The molecule has 2 heterocycles. The van der Waals surface area contributed by atoms with E-state index in [1.54, 1.807) is 12.1 Å². The van der Waals surface area contributed by atoms with E-state index >= 15 is 0 Å². The van der Waals surface area contributed by atoms with E-state index in [1.807, 2.05) is 35.2 Å². The van der Waals surface area contributed by atoms with Gasteiger partial charge < -0.3 is 15.0 Å². The van der Waals surface area contributed by atoms with E-state index in [2.05, 4.69) is 23.2 Å². The van der Waals surface area contributed by atoms with Gasteiger partial charge in [0.15, 0.2) is 0 Å². The minimum absolute atomic E-state index is 0.0226. The van der Waals surface area contributed by atoms with Gasteiger partial charge in [-0.25, -0.2) is 0 Å². The van der Waals surface area contributed by atoms with Crippen molar-refractivity contribution >= 4 is 22.9 Å². The molecule has 0 aliphatic carbocycles. The molecule has 25 heavy (non-hydrogen) atoms. The minimum Gasteiger partial charge on any atom is -0.508 e. The Morgan fingerprint density at radius 2 is 1.80 bits per heavy atom. The van der Waals surface area contributed by atoms with Crippen molar-refractivity contribution < 1.29 is 9.90 Å². The van der Waals surface area contributed by atoms with Gasteiger partial charge in [0.2, 0.25) is 0 Å². The SMILES string of the molecule is O=C(c1cc2ccc(O)cc2[nH]1)N1CCC(=Cc2ccccc2)CC1. The minimum atomic E-state index is 0.0226. The fourth-order valence-corrected chi connectivity index (χ4v) is 3.33.